The average Bonchev–Trinajstić information content (AvgIpc) is 3.03. The topological polar surface area (TPSA) is 62.3 Å². The molecule has 2 unspecified atom stereocenters. The highest BCUT2D eigenvalue weighted by Crippen LogP contribution is 2.27. The molecule has 0 aliphatic carbocycles. The highest BCUT2D eigenvalue weighted by molar-refractivity contribution is 5.40. The number of benzene rings is 1. The first kappa shape index (κ1) is 15.6. The van der Waals surface area contributed by atoms with Crippen molar-refractivity contribution in [2.45, 2.75) is 6.04 Å². The van der Waals surface area contributed by atoms with Crippen molar-refractivity contribution in [2.75, 3.05) is 32.1 Å². The van der Waals surface area contributed by atoms with Crippen LogP contribution in [0, 0.1) is 11.7 Å². The first-order chi connectivity index (χ1) is 11.2. The summed E-state index contributed by atoms with van der Waals surface area (Å²) in [4.78, 5) is 10.4. The maximum absolute atomic E-state index is 13.1. The van der Waals surface area contributed by atoms with Gasteiger partial charge in [-0.25, -0.2) is 19.8 Å². The molecule has 1 aromatic carbocycles. The quantitative estimate of drug-likeness (QED) is 0.872. The molecular weight excluding hydrogens is 297 g/mol. The van der Waals surface area contributed by atoms with Crippen LogP contribution in [0.3, 0.4) is 0 Å². The van der Waals surface area contributed by atoms with E-state index in [4.69, 9.17) is 4.74 Å². The van der Waals surface area contributed by atoms with E-state index in [0.717, 1.165) is 24.5 Å². The van der Waals surface area contributed by atoms with Gasteiger partial charge in [-0.15, -0.1) is 0 Å². The van der Waals surface area contributed by atoms with Crippen molar-refractivity contribution in [1.82, 2.24) is 20.8 Å². The first-order valence-corrected chi connectivity index (χ1v) is 7.48. The number of hydrogen-bond donors (Lipinski definition) is 2. The Kier molecular flexibility index (Phi) is 4.68. The van der Waals surface area contributed by atoms with E-state index in [-0.39, 0.29) is 11.9 Å². The van der Waals surface area contributed by atoms with Gasteiger partial charge in [0.1, 0.15) is 18.0 Å². The normalized spacial score (nSPS) is 20.5. The van der Waals surface area contributed by atoms with E-state index in [0.29, 0.717) is 11.8 Å². The third-order valence-corrected chi connectivity index (χ3v) is 4.06. The summed E-state index contributed by atoms with van der Waals surface area (Å²) in [6, 6.07) is 8.56. The zero-order valence-corrected chi connectivity index (χ0v) is 13.2. The van der Waals surface area contributed by atoms with E-state index in [2.05, 4.69) is 25.7 Å². The van der Waals surface area contributed by atoms with Crippen molar-refractivity contribution in [3.8, 4) is 5.88 Å². The Bertz CT molecular complexity index is 651. The fourth-order valence-electron chi connectivity index (χ4n) is 2.83. The number of nitrogens with one attached hydrogen (secondary N) is 2. The standard InChI is InChI=1S/C16H20FN5O/c1-22(14-7-15(23-2)19-10-18-14)9-12-8-20-21-16(12)11-3-5-13(17)6-4-11/h3-7,10,12,16,20-21H,8-9H2,1-2H3. The van der Waals surface area contributed by atoms with E-state index in [1.54, 1.807) is 7.11 Å². The molecule has 6 nitrogen and oxygen atoms in total. The smallest absolute Gasteiger partial charge is 0.218 e. The Morgan fingerprint density at radius 3 is 2.83 bits per heavy atom. The second kappa shape index (κ2) is 6.89. The minimum absolute atomic E-state index is 0.127. The van der Waals surface area contributed by atoms with Crippen molar-refractivity contribution in [3.63, 3.8) is 0 Å². The fraction of sp³-hybridized carbons (Fsp3) is 0.375. The first-order valence-electron chi connectivity index (χ1n) is 7.48. The summed E-state index contributed by atoms with van der Waals surface area (Å²) in [5, 5.41) is 0. The number of halogens is 1. The number of methoxy groups -OCH3 is 1. The largest absolute Gasteiger partial charge is 0.481 e. The van der Waals surface area contributed by atoms with E-state index in [1.807, 2.05) is 25.2 Å². The number of hydrogen-bond acceptors (Lipinski definition) is 6. The van der Waals surface area contributed by atoms with Crippen LogP contribution in [0.1, 0.15) is 11.6 Å². The predicted octanol–water partition coefficient (Wildman–Crippen LogP) is 1.53. The zero-order valence-electron chi connectivity index (χ0n) is 13.2. The van der Waals surface area contributed by atoms with Crippen molar-refractivity contribution < 1.29 is 9.13 Å². The summed E-state index contributed by atoms with van der Waals surface area (Å²) < 4.78 is 18.2. The molecule has 1 aliphatic heterocycles. The predicted molar refractivity (Wildman–Crippen MR) is 85.6 cm³/mol. The molecule has 0 radical (unpaired) electrons. The molecule has 0 bridgehead atoms. The van der Waals surface area contributed by atoms with Crippen LogP contribution in [0.25, 0.3) is 0 Å². The van der Waals surface area contributed by atoms with Gasteiger partial charge >= 0.3 is 0 Å². The van der Waals surface area contributed by atoms with Crippen molar-refractivity contribution in [2.24, 2.45) is 5.92 Å². The van der Waals surface area contributed by atoms with E-state index in [1.165, 1.54) is 18.5 Å². The summed E-state index contributed by atoms with van der Waals surface area (Å²) >= 11 is 0. The second-order valence-corrected chi connectivity index (χ2v) is 5.61. The molecule has 1 saturated heterocycles. The van der Waals surface area contributed by atoms with E-state index >= 15 is 0 Å². The lowest BCUT2D eigenvalue weighted by Gasteiger charge is -2.25. The Hall–Kier alpha value is -2.25. The van der Waals surface area contributed by atoms with Gasteiger partial charge in [0.15, 0.2) is 0 Å². The van der Waals surface area contributed by atoms with Crippen LogP contribution in [-0.2, 0) is 0 Å². The van der Waals surface area contributed by atoms with Gasteiger partial charge in [-0.05, 0) is 17.7 Å². The molecule has 1 fully saturated rings. The summed E-state index contributed by atoms with van der Waals surface area (Å²) in [6.45, 7) is 1.62. The minimum atomic E-state index is -0.221. The molecule has 0 spiro atoms. The van der Waals surface area contributed by atoms with Gasteiger partial charge in [0, 0.05) is 32.1 Å². The Balaban J connectivity index is 1.71. The minimum Gasteiger partial charge on any atom is -0.481 e. The molecule has 0 amide bonds. The molecule has 122 valence electrons. The van der Waals surface area contributed by atoms with Crippen LogP contribution < -0.4 is 20.5 Å². The number of nitrogens with zero attached hydrogens (tertiary/aromatic N) is 3. The molecule has 2 N–H and O–H groups in total. The molecule has 3 rings (SSSR count). The molecule has 23 heavy (non-hydrogen) atoms. The highest BCUT2D eigenvalue weighted by Gasteiger charge is 2.29. The third-order valence-electron chi connectivity index (χ3n) is 4.06. The number of rotatable bonds is 5. The van der Waals surface area contributed by atoms with Gasteiger partial charge in [-0.2, -0.15) is 0 Å². The van der Waals surface area contributed by atoms with Crippen LogP contribution in [-0.4, -0.2) is 37.2 Å². The Labute approximate surface area is 134 Å². The van der Waals surface area contributed by atoms with Crippen LogP contribution in [0.2, 0.25) is 0 Å². The molecule has 7 heteroatoms. The SMILES string of the molecule is COc1cc(N(C)CC2CNNC2c2ccc(F)cc2)ncn1. The van der Waals surface area contributed by atoms with E-state index < -0.39 is 0 Å². The lowest BCUT2D eigenvalue weighted by atomic mass is 9.94. The van der Waals surface area contributed by atoms with Gasteiger partial charge in [-0.3, -0.25) is 5.43 Å². The number of aromatic nitrogens is 2. The molecule has 2 heterocycles. The monoisotopic (exact) mass is 317 g/mol. The van der Waals surface area contributed by atoms with Crippen molar-refractivity contribution in [3.05, 3.63) is 48.0 Å². The van der Waals surface area contributed by atoms with Gasteiger partial charge in [0.25, 0.3) is 0 Å². The molecule has 0 saturated carbocycles. The van der Waals surface area contributed by atoms with Gasteiger partial charge in [-0.1, -0.05) is 12.1 Å². The van der Waals surface area contributed by atoms with E-state index in [9.17, 15) is 4.39 Å². The van der Waals surface area contributed by atoms with Gasteiger partial charge in [0.2, 0.25) is 5.88 Å². The number of hydrazine groups is 1. The maximum Gasteiger partial charge on any atom is 0.218 e. The Morgan fingerprint density at radius 2 is 2.09 bits per heavy atom. The molecule has 2 atom stereocenters. The third kappa shape index (κ3) is 3.57. The summed E-state index contributed by atoms with van der Waals surface area (Å²) in [7, 11) is 3.57. The maximum atomic E-state index is 13.1. The van der Waals surface area contributed by atoms with Crippen LogP contribution in [0.15, 0.2) is 36.7 Å². The fourth-order valence-corrected chi connectivity index (χ4v) is 2.83. The van der Waals surface area contributed by atoms with Crippen molar-refractivity contribution in [1.29, 1.82) is 0 Å². The number of anilines is 1. The summed E-state index contributed by atoms with van der Waals surface area (Å²) in [5.74, 6) is 1.45. The summed E-state index contributed by atoms with van der Waals surface area (Å²) in [5.41, 5.74) is 7.52. The van der Waals surface area contributed by atoms with Gasteiger partial charge in [0.05, 0.1) is 13.2 Å². The van der Waals surface area contributed by atoms with Gasteiger partial charge < -0.3 is 9.64 Å². The number of ether oxygens (including phenoxy) is 1. The molecular formula is C16H20FN5O. The molecule has 1 aromatic heterocycles. The molecule has 1 aliphatic rings. The summed E-state index contributed by atoms with van der Waals surface area (Å²) in [6.07, 6.45) is 1.49. The lowest BCUT2D eigenvalue weighted by Crippen LogP contribution is -2.30. The molecule has 2 aromatic rings. The highest BCUT2D eigenvalue weighted by atomic mass is 19.1. The van der Waals surface area contributed by atoms with Crippen LogP contribution in [0.5, 0.6) is 5.88 Å². The van der Waals surface area contributed by atoms with Crippen LogP contribution in [0.4, 0.5) is 10.2 Å². The average molecular weight is 317 g/mol. The van der Waals surface area contributed by atoms with Crippen LogP contribution >= 0.6 is 0 Å². The zero-order chi connectivity index (χ0) is 16.2. The van der Waals surface area contributed by atoms with Crippen molar-refractivity contribution >= 4 is 5.82 Å². The Morgan fingerprint density at radius 1 is 1.30 bits per heavy atom. The lowest BCUT2D eigenvalue weighted by molar-refractivity contribution is 0.396. The second-order valence-electron chi connectivity index (χ2n) is 5.61.